The van der Waals surface area contributed by atoms with Crippen molar-refractivity contribution in [2.75, 3.05) is 13.7 Å². The van der Waals surface area contributed by atoms with Crippen LogP contribution in [0.3, 0.4) is 0 Å². The van der Waals surface area contributed by atoms with E-state index in [4.69, 9.17) is 4.74 Å². The van der Waals surface area contributed by atoms with Crippen LogP contribution in [-0.4, -0.2) is 29.7 Å². The maximum Gasteiger partial charge on any atom is 0.416 e. The third kappa shape index (κ3) is 4.64. The van der Waals surface area contributed by atoms with Crippen molar-refractivity contribution in [1.29, 1.82) is 0 Å². The van der Waals surface area contributed by atoms with Crippen LogP contribution in [0.25, 0.3) is 22.6 Å². The first-order valence-electron chi connectivity index (χ1n) is 8.18. The third-order valence-electron chi connectivity index (χ3n) is 3.81. The minimum Gasteiger partial charge on any atom is -0.466 e. The predicted octanol–water partition coefficient (Wildman–Crippen LogP) is 4.38. The number of esters is 1. The molecular formula is C20H15F3N2O3. The molecule has 0 saturated heterocycles. The number of hydrogen-bond donors (Lipinski definition) is 0. The van der Waals surface area contributed by atoms with Gasteiger partial charge in [0.25, 0.3) is 0 Å². The fourth-order valence-corrected chi connectivity index (χ4v) is 2.38. The Balaban J connectivity index is 2.00. The van der Waals surface area contributed by atoms with E-state index in [0.29, 0.717) is 11.3 Å². The summed E-state index contributed by atoms with van der Waals surface area (Å²) in [5.74, 6) is -0.306. The third-order valence-corrected chi connectivity index (χ3v) is 3.81. The molecule has 0 aliphatic heterocycles. The van der Waals surface area contributed by atoms with E-state index < -0.39 is 17.7 Å². The van der Waals surface area contributed by atoms with Crippen molar-refractivity contribution in [2.24, 2.45) is 0 Å². The van der Waals surface area contributed by atoms with Crippen molar-refractivity contribution in [2.45, 2.75) is 6.18 Å². The van der Waals surface area contributed by atoms with E-state index in [1.54, 1.807) is 6.07 Å². The fourth-order valence-electron chi connectivity index (χ4n) is 2.38. The Morgan fingerprint density at radius 1 is 0.964 bits per heavy atom. The van der Waals surface area contributed by atoms with Crippen LogP contribution in [0.1, 0.15) is 5.56 Å². The number of methoxy groups -OCH3 is 1. The second kappa shape index (κ2) is 8.08. The van der Waals surface area contributed by atoms with Gasteiger partial charge < -0.3 is 9.47 Å². The lowest BCUT2D eigenvalue weighted by atomic mass is 10.1. The topological polar surface area (TPSA) is 61.3 Å². The van der Waals surface area contributed by atoms with Crippen LogP contribution in [-0.2, 0) is 15.7 Å². The van der Waals surface area contributed by atoms with Gasteiger partial charge in [-0.05, 0) is 12.1 Å². The van der Waals surface area contributed by atoms with Gasteiger partial charge in [-0.3, -0.25) is 0 Å². The van der Waals surface area contributed by atoms with Crippen LogP contribution in [0.2, 0.25) is 0 Å². The molecule has 2 aromatic carbocycles. The molecule has 0 aliphatic carbocycles. The fraction of sp³-hybridized carbons (Fsp3) is 0.150. The van der Waals surface area contributed by atoms with Crippen LogP contribution in [0.5, 0.6) is 5.88 Å². The number of carbonyl (C=O) groups is 1. The molecule has 5 nitrogen and oxygen atoms in total. The predicted molar refractivity (Wildman–Crippen MR) is 95.4 cm³/mol. The SMILES string of the molecule is COC(=O)COc1cc(-c2ccccc2)nc(-c2ccc(C(F)(F)F)cc2)n1. The molecule has 0 saturated carbocycles. The molecule has 0 unspecified atom stereocenters. The minimum absolute atomic E-state index is 0.106. The van der Waals surface area contributed by atoms with Crippen LogP contribution in [0, 0.1) is 0 Å². The molecule has 0 fully saturated rings. The van der Waals surface area contributed by atoms with Gasteiger partial charge in [0.05, 0.1) is 18.4 Å². The average molecular weight is 388 g/mol. The zero-order chi connectivity index (χ0) is 20.1. The largest absolute Gasteiger partial charge is 0.466 e. The zero-order valence-corrected chi connectivity index (χ0v) is 14.7. The molecule has 0 bridgehead atoms. The van der Waals surface area contributed by atoms with E-state index >= 15 is 0 Å². The van der Waals surface area contributed by atoms with Crippen molar-refractivity contribution >= 4 is 5.97 Å². The second-order valence-electron chi connectivity index (χ2n) is 5.72. The van der Waals surface area contributed by atoms with Gasteiger partial charge >= 0.3 is 12.1 Å². The Morgan fingerprint density at radius 3 is 2.25 bits per heavy atom. The van der Waals surface area contributed by atoms with Gasteiger partial charge in [0, 0.05) is 17.2 Å². The Bertz CT molecular complexity index is 959. The highest BCUT2D eigenvalue weighted by atomic mass is 19.4. The minimum atomic E-state index is -4.43. The molecule has 3 rings (SSSR count). The van der Waals surface area contributed by atoms with Crippen LogP contribution < -0.4 is 4.74 Å². The van der Waals surface area contributed by atoms with Crippen LogP contribution in [0.4, 0.5) is 13.2 Å². The summed E-state index contributed by atoms with van der Waals surface area (Å²) in [6, 6.07) is 15.2. The van der Waals surface area contributed by atoms with Gasteiger partial charge in [0.2, 0.25) is 5.88 Å². The number of halogens is 3. The number of benzene rings is 2. The van der Waals surface area contributed by atoms with E-state index in [0.717, 1.165) is 17.7 Å². The highest BCUT2D eigenvalue weighted by Crippen LogP contribution is 2.31. The van der Waals surface area contributed by atoms with Crippen molar-refractivity contribution in [3.05, 3.63) is 66.2 Å². The van der Waals surface area contributed by atoms with Crippen molar-refractivity contribution in [3.63, 3.8) is 0 Å². The number of aromatic nitrogens is 2. The highest BCUT2D eigenvalue weighted by molar-refractivity contribution is 5.71. The lowest BCUT2D eigenvalue weighted by Gasteiger charge is -2.10. The quantitative estimate of drug-likeness (QED) is 0.607. The normalized spacial score (nSPS) is 11.1. The maximum absolute atomic E-state index is 12.8. The van der Waals surface area contributed by atoms with Crippen LogP contribution >= 0.6 is 0 Å². The first-order valence-corrected chi connectivity index (χ1v) is 8.18. The lowest BCUT2D eigenvalue weighted by molar-refractivity contribution is -0.143. The molecule has 0 aliphatic rings. The number of ether oxygens (including phenoxy) is 2. The van der Waals surface area contributed by atoms with Gasteiger partial charge in [-0.15, -0.1) is 0 Å². The summed E-state index contributed by atoms with van der Waals surface area (Å²) < 4.78 is 48.2. The molecule has 144 valence electrons. The summed E-state index contributed by atoms with van der Waals surface area (Å²) in [6.45, 7) is -0.353. The summed E-state index contributed by atoms with van der Waals surface area (Å²) >= 11 is 0. The summed E-state index contributed by atoms with van der Waals surface area (Å²) in [5.41, 5.74) is 0.887. The smallest absolute Gasteiger partial charge is 0.416 e. The molecule has 8 heteroatoms. The van der Waals surface area contributed by atoms with Gasteiger partial charge in [0.1, 0.15) is 0 Å². The first-order chi connectivity index (χ1) is 13.4. The highest BCUT2D eigenvalue weighted by Gasteiger charge is 2.30. The molecule has 0 amide bonds. The standard InChI is InChI=1S/C20H15F3N2O3/c1-27-18(26)12-28-17-11-16(13-5-3-2-4-6-13)24-19(25-17)14-7-9-15(10-8-14)20(21,22)23/h2-11H,12H2,1H3. The number of carbonyl (C=O) groups excluding carboxylic acids is 1. The van der Waals surface area contributed by atoms with Gasteiger partial charge in [0.15, 0.2) is 12.4 Å². The van der Waals surface area contributed by atoms with E-state index in [1.807, 2.05) is 30.3 Å². The number of alkyl halides is 3. The molecule has 1 heterocycles. The van der Waals surface area contributed by atoms with Crippen molar-refractivity contribution < 1.29 is 27.4 Å². The summed E-state index contributed by atoms with van der Waals surface area (Å²) in [7, 11) is 1.23. The number of hydrogen-bond acceptors (Lipinski definition) is 5. The van der Waals surface area contributed by atoms with Gasteiger partial charge in [-0.2, -0.15) is 18.2 Å². The molecule has 0 atom stereocenters. The van der Waals surface area contributed by atoms with Crippen molar-refractivity contribution in [1.82, 2.24) is 9.97 Å². The summed E-state index contributed by atoms with van der Waals surface area (Å²) in [6.07, 6.45) is -4.43. The summed E-state index contributed by atoms with van der Waals surface area (Å²) in [4.78, 5) is 20.0. The molecule has 28 heavy (non-hydrogen) atoms. The molecule has 0 radical (unpaired) electrons. The monoisotopic (exact) mass is 388 g/mol. The van der Waals surface area contributed by atoms with Gasteiger partial charge in [-0.25, -0.2) is 9.78 Å². The molecule has 0 N–H and O–H groups in total. The number of rotatable bonds is 5. The summed E-state index contributed by atoms with van der Waals surface area (Å²) in [5, 5.41) is 0. The van der Waals surface area contributed by atoms with Crippen LogP contribution in [0.15, 0.2) is 60.7 Å². The Labute approximate surface area is 158 Å². The lowest BCUT2D eigenvalue weighted by Crippen LogP contribution is -2.13. The Kier molecular flexibility index (Phi) is 5.58. The average Bonchev–Trinajstić information content (AvgIpc) is 2.72. The van der Waals surface area contributed by atoms with Gasteiger partial charge in [-0.1, -0.05) is 42.5 Å². The maximum atomic E-state index is 12.8. The molecule has 3 aromatic rings. The van der Waals surface area contributed by atoms with E-state index in [1.165, 1.54) is 19.2 Å². The molecule has 1 aromatic heterocycles. The molecule has 0 spiro atoms. The van der Waals surface area contributed by atoms with E-state index in [-0.39, 0.29) is 18.3 Å². The Morgan fingerprint density at radius 2 is 1.64 bits per heavy atom. The second-order valence-corrected chi connectivity index (χ2v) is 5.72. The van der Waals surface area contributed by atoms with Crippen molar-refractivity contribution in [3.8, 4) is 28.5 Å². The number of nitrogens with zero attached hydrogens (tertiary/aromatic N) is 2. The first kappa shape index (κ1) is 19.3. The molecular weight excluding hydrogens is 373 g/mol. The zero-order valence-electron chi connectivity index (χ0n) is 14.7. The Hall–Kier alpha value is -3.42. The van der Waals surface area contributed by atoms with E-state index in [9.17, 15) is 18.0 Å². The van der Waals surface area contributed by atoms with E-state index in [2.05, 4.69) is 14.7 Å².